The molecule has 6 nitrogen and oxygen atoms in total. The van der Waals surface area contributed by atoms with Crippen LogP contribution in [0, 0.1) is 17.3 Å². The lowest BCUT2D eigenvalue weighted by Crippen LogP contribution is -2.44. The third-order valence-electron chi connectivity index (χ3n) is 6.37. The van der Waals surface area contributed by atoms with Gasteiger partial charge in [-0.2, -0.15) is 0 Å². The van der Waals surface area contributed by atoms with E-state index in [0.29, 0.717) is 23.7 Å². The molecule has 1 aromatic carbocycles. The second kappa shape index (κ2) is 6.69. The molecule has 1 aromatic rings. The number of benzene rings is 1. The van der Waals surface area contributed by atoms with Gasteiger partial charge < -0.3 is 18.9 Å². The number of ketones is 1. The van der Waals surface area contributed by atoms with Crippen molar-refractivity contribution >= 4 is 11.8 Å². The van der Waals surface area contributed by atoms with Gasteiger partial charge >= 0.3 is 5.97 Å². The molecule has 1 saturated carbocycles. The van der Waals surface area contributed by atoms with E-state index in [1.54, 1.807) is 0 Å². The summed E-state index contributed by atoms with van der Waals surface area (Å²) in [6, 6.07) is 5.75. The first-order valence-electron chi connectivity index (χ1n) is 9.41. The number of Topliss-reactive ketones (excluding diaryl/α,β-unsaturated/α-hetero) is 1. The normalized spacial score (nSPS) is 32.7. The minimum absolute atomic E-state index is 0.0109. The minimum atomic E-state index is -0.570. The van der Waals surface area contributed by atoms with Crippen LogP contribution in [0.5, 0.6) is 11.5 Å². The first kappa shape index (κ1) is 18.6. The van der Waals surface area contributed by atoms with Gasteiger partial charge in [-0.15, -0.1) is 6.58 Å². The zero-order chi connectivity index (χ0) is 20.1. The summed E-state index contributed by atoms with van der Waals surface area (Å²) < 4.78 is 22.1. The predicted molar refractivity (Wildman–Crippen MR) is 101 cm³/mol. The van der Waals surface area contributed by atoms with E-state index in [0.717, 1.165) is 5.56 Å². The van der Waals surface area contributed by atoms with Crippen LogP contribution >= 0.6 is 0 Å². The molecule has 148 valence electrons. The standard InChI is InChI=1S/C22H24O6/c1-5-8-22-10-17(25-4)20(24)19(21(22)28-13(3)23)18(12(22)2)14-6-7-15-16(9-14)27-11-26-15/h5-7,9-10,12,18-19,21H,1,8,11H2,2-4H3/t12-,18+,19+,21-,22+/m0/s1. The number of carbonyl (C=O) groups is 2. The summed E-state index contributed by atoms with van der Waals surface area (Å²) in [6.07, 6.45) is 3.66. The van der Waals surface area contributed by atoms with E-state index in [1.807, 2.05) is 30.4 Å². The fourth-order valence-corrected chi connectivity index (χ4v) is 5.17. The van der Waals surface area contributed by atoms with Gasteiger partial charge in [0.2, 0.25) is 12.6 Å². The number of rotatable bonds is 5. The molecule has 28 heavy (non-hydrogen) atoms. The summed E-state index contributed by atoms with van der Waals surface area (Å²) in [5.41, 5.74) is 0.405. The van der Waals surface area contributed by atoms with Gasteiger partial charge in [-0.05, 0) is 36.1 Å². The van der Waals surface area contributed by atoms with E-state index in [4.69, 9.17) is 18.9 Å². The number of methoxy groups -OCH3 is 1. The maximum absolute atomic E-state index is 13.2. The lowest BCUT2D eigenvalue weighted by atomic mass is 9.70. The number of hydrogen-bond acceptors (Lipinski definition) is 6. The van der Waals surface area contributed by atoms with Gasteiger partial charge in [0.15, 0.2) is 17.3 Å². The zero-order valence-electron chi connectivity index (χ0n) is 16.3. The average molecular weight is 384 g/mol. The van der Waals surface area contributed by atoms with E-state index in [-0.39, 0.29) is 24.4 Å². The van der Waals surface area contributed by atoms with Crippen LogP contribution in [0.4, 0.5) is 0 Å². The smallest absolute Gasteiger partial charge is 0.302 e. The molecule has 1 heterocycles. The SMILES string of the molecule is C=CC[C@@]12C=C(OC)C(=O)[C@@H]([C@@H](c3ccc4c(c3)OCO4)[C@@H]1C)[C@@H]2OC(C)=O. The van der Waals surface area contributed by atoms with Crippen molar-refractivity contribution in [2.75, 3.05) is 13.9 Å². The highest BCUT2D eigenvalue weighted by molar-refractivity contribution is 5.99. The molecule has 2 aliphatic carbocycles. The molecule has 0 radical (unpaired) electrons. The van der Waals surface area contributed by atoms with E-state index in [9.17, 15) is 9.59 Å². The third-order valence-corrected chi connectivity index (χ3v) is 6.37. The Bertz CT molecular complexity index is 872. The summed E-state index contributed by atoms with van der Waals surface area (Å²) in [5.74, 6) is 0.470. The van der Waals surface area contributed by atoms with Gasteiger partial charge in [-0.3, -0.25) is 9.59 Å². The molecule has 1 aliphatic heterocycles. The molecule has 0 amide bonds. The Kier molecular flexibility index (Phi) is 4.44. The molecule has 2 bridgehead atoms. The molecule has 0 saturated heterocycles. The van der Waals surface area contributed by atoms with E-state index < -0.39 is 23.4 Å². The Labute approximate surface area is 164 Å². The van der Waals surface area contributed by atoms with Gasteiger partial charge in [0.25, 0.3) is 0 Å². The Morgan fingerprint density at radius 3 is 2.75 bits per heavy atom. The van der Waals surface area contributed by atoms with Crippen LogP contribution in [0.25, 0.3) is 0 Å². The van der Waals surface area contributed by atoms with E-state index in [1.165, 1.54) is 14.0 Å². The van der Waals surface area contributed by atoms with Crippen molar-refractivity contribution in [3.63, 3.8) is 0 Å². The highest BCUT2D eigenvalue weighted by atomic mass is 16.7. The maximum atomic E-state index is 13.2. The number of ether oxygens (including phenoxy) is 4. The average Bonchev–Trinajstić information content (AvgIpc) is 3.19. The summed E-state index contributed by atoms with van der Waals surface area (Å²) in [6.45, 7) is 7.56. The molecule has 1 fully saturated rings. The molecule has 0 N–H and O–H groups in total. The predicted octanol–water partition coefficient (Wildman–Crippen LogP) is 3.37. The second-order valence-corrected chi connectivity index (χ2v) is 7.67. The number of carbonyl (C=O) groups excluding carboxylic acids is 2. The third kappa shape index (κ3) is 2.54. The Balaban J connectivity index is 1.86. The van der Waals surface area contributed by atoms with Gasteiger partial charge in [0.05, 0.1) is 13.0 Å². The molecule has 4 rings (SSSR count). The fraction of sp³-hybridized carbons (Fsp3) is 0.455. The molecule has 5 atom stereocenters. The van der Waals surface area contributed by atoms with Crippen LogP contribution in [0.1, 0.15) is 31.7 Å². The number of hydrogen-bond donors (Lipinski definition) is 0. The lowest BCUT2D eigenvalue weighted by Gasteiger charge is -2.38. The van der Waals surface area contributed by atoms with Crippen molar-refractivity contribution in [1.82, 2.24) is 0 Å². The first-order chi connectivity index (χ1) is 13.4. The first-order valence-corrected chi connectivity index (χ1v) is 9.41. The summed E-state index contributed by atoms with van der Waals surface area (Å²) in [7, 11) is 1.50. The highest BCUT2D eigenvalue weighted by Crippen LogP contribution is 2.62. The lowest BCUT2D eigenvalue weighted by molar-refractivity contribution is -0.156. The van der Waals surface area contributed by atoms with Crippen molar-refractivity contribution in [3.8, 4) is 11.5 Å². The molecule has 6 heteroatoms. The number of esters is 1. The molecular weight excluding hydrogens is 360 g/mol. The van der Waals surface area contributed by atoms with Gasteiger partial charge in [0.1, 0.15) is 6.10 Å². The second-order valence-electron chi connectivity index (χ2n) is 7.67. The Hall–Kier alpha value is -2.76. The minimum Gasteiger partial charge on any atom is -0.493 e. The number of allylic oxidation sites excluding steroid dienone is 2. The quantitative estimate of drug-likeness (QED) is 0.573. The zero-order valence-corrected chi connectivity index (χ0v) is 16.3. The summed E-state index contributed by atoms with van der Waals surface area (Å²) >= 11 is 0. The van der Waals surface area contributed by atoms with E-state index >= 15 is 0 Å². The van der Waals surface area contributed by atoms with Crippen LogP contribution < -0.4 is 9.47 Å². The molecule has 0 spiro atoms. The molecule has 0 aromatic heterocycles. The topological polar surface area (TPSA) is 71.1 Å². The van der Waals surface area contributed by atoms with Crippen LogP contribution in [-0.4, -0.2) is 31.8 Å². The highest BCUT2D eigenvalue weighted by Gasteiger charge is 2.64. The van der Waals surface area contributed by atoms with Gasteiger partial charge in [-0.1, -0.05) is 19.1 Å². The molecular formula is C22H24O6. The van der Waals surface area contributed by atoms with Crippen LogP contribution in [0.2, 0.25) is 0 Å². The van der Waals surface area contributed by atoms with Crippen molar-refractivity contribution < 1.29 is 28.5 Å². The Morgan fingerprint density at radius 1 is 1.32 bits per heavy atom. The van der Waals surface area contributed by atoms with Gasteiger partial charge in [-0.25, -0.2) is 0 Å². The van der Waals surface area contributed by atoms with Crippen molar-refractivity contribution in [3.05, 3.63) is 48.3 Å². The largest absolute Gasteiger partial charge is 0.493 e. The number of fused-ring (bicyclic) bond motifs is 3. The summed E-state index contributed by atoms with van der Waals surface area (Å²) in [5, 5.41) is 0. The van der Waals surface area contributed by atoms with Crippen LogP contribution in [0.3, 0.4) is 0 Å². The van der Waals surface area contributed by atoms with Crippen LogP contribution in [0.15, 0.2) is 42.7 Å². The van der Waals surface area contributed by atoms with Crippen molar-refractivity contribution in [1.29, 1.82) is 0 Å². The maximum Gasteiger partial charge on any atom is 0.302 e. The van der Waals surface area contributed by atoms with Crippen LogP contribution in [-0.2, 0) is 19.1 Å². The molecule has 3 aliphatic rings. The monoisotopic (exact) mass is 384 g/mol. The van der Waals surface area contributed by atoms with Gasteiger partial charge in [0, 0.05) is 18.3 Å². The van der Waals surface area contributed by atoms with E-state index in [2.05, 4.69) is 13.5 Å². The summed E-state index contributed by atoms with van der Waals surface area (Å²) in [4.78, 5) is 25.1. The van der Waals surface area contributed by atoms with Crippen molar-refractivity contribution in [2.45, 2.75) is 32.3 Å². The molecule has 0 unspecified atom stereocenters. The Morgan fingerprint density at radius 2 is 2.07 bits per heavy atom. The van der Waals surface area contributed by atoms with Crippen molar-refractivity contribution in [2.24, 2.45) is 17.3 Å². The fourth-order valence-electron chi connectivity index (χ4n) is 5.17.